The molecule has 0 aromatic heterocycles. The topological polar surface area (TPSA) is 27.6 Å². The molecule has 1 aliphatic heterocycles. The van der Waals surface area contributed by atoms with Gasteiger partial charge in [-0.25, -0.2) is 0 Å². The number of likely N-dealkylation sites (tertiary alicyclic amines) is 1. The van der Waals surface area contributed by atoms with Crippen molar-refractivity contribution in [3.05, 3.63) is 0 Å². The molecule has 0 atom stereocenters. The second kappa shape index (κ2) is 4.86. The molecule has 1 fully saturated rings. The Morgan fingerprint density at radius 2 is 2.00 bits per heavy atom. The van der Waals surface area contributed by atoms with Crippen molar-refractivity contribution in [2.45, 2.75) is 33.2 Å². The monoisotopic (exact) mass is 243 g/mol. The molecule has 0 aromatic rings. The molecule has 0 unspecified atom stereocenters. The molecule has 0 aromatic carbocycles. The van der Waals surface area contributed by atoms with Gasteiger partial charge in [0.2, 0.25) is 0 Å². The lowest BCUT2D eigenvalue weighted by atomic mass is 9.65. The lowest BCUT2D eigenvalue weighted by molar-refractivity contribution is -0.0666. The lowest BCUT2D eigenvalue weighted by Gasteiger charge is -2.62. The van der Waals surface area contributed by atoms with Crippen LogP contribution < -0.4 is 5.32 Å². The Morgan fingerprint density at radius 1 is 1.38 bits per heavy atom. The van der Waals surface area contributed by atoms with E-state index in [9.17, 15) is 0 Å². The second-order valence-electron chi connectivity index (χ2n) is 5.50. The van der Waals surface area contributed by atoms with E-state index in [2.05, 4.69) is 49.2 Å². The normalized spacial score (nSPS) is 22.9. The van der Waals surface area contributed by atoms with Gasteiger partial charge in [0, 0.05) is 36.8 Å². The molecule has 0 bridgehead atoms. The van der Waals surface area contributed by atoms with Gasteiger partial charge in [-0.2, -0.15) is 11.8 Å². The molecule has 1 saturated heterocycles. The van der Waals surface area contributed by atoms with Crippen LogP contribution in [0.5, 0.6) is 0 Å². The summed E-state index contributed by atoms with van der Waals surface area (Å²) in [5, 5.41) is 3.42. The Labute approximate surface area is 104 Å². The first-order valence-corrected chi connectivity index (χ1v) is 7.23. The van der Waals surface area contributed by atoms with Crippen LogP contribution in [0.2, 0.25) is 0 Å². The molecule has 16 heavy (non-hydrogen) atoms. The average Bonchev–Trinajstić information content (AvgIpc) is 2.22. The summed E-state index contributed by atoms with van der Waals surface area (Å²) in [5.74, 6) is 2.16. The van der Waals surface area contributed by atoms with Crippen LogP contribution >= 0.6 is 11.8 Å². The molecule has 0 saturated carbocycles. The van der Waals surface area contributed by atoms with Gasteiger partial charge in [-0.3, -0.25) is 4.99 Å². The van der Waals surface area contributed by atoms with Crippen molar-refractivity contribution >= 4 is 17.7 Å². The zero-order valence-corrected chi connectivity index (χ0v) is 12.2. The van der Waals surface area contributed by atoms with Gasteiger partial charge in [-0.1, -0.05) is 13.8 Å². The van der Waals surface area contributed by atoms with Crippen LogP contribution in [0.15, 0.2) is 4.99 Å². The maximum absolute atomic E-state index is 4.37. The fraction of sp³-hybridized carbons (Fsp3) is 0.917. The van der Waals surface area contributed by atoms with Crippen LogP contribution in [0.1, 0.15) is 27.7 Å². The van der Waals surface area contributed by atoms with Crippen molar-refractivity contribution in [3.8, 4) is 0 Å². The second-order valence-corrected chi connectivity index (χ2v) is 6.48. The fourth-order valence-corrected chi connectivity index (χ4v) is 2.27. The van der Waals surface area contributed by atoms with Gasteiger partial charge < -0.3 is 10.2 Å². The fourth-order valence-electron chi connectivity index (χ4n) is 1.96. The maximum Gasteiger partial charge on any atom is 0.194 e. The van der Waals surface area contributed by atoms with E-state index >= 15 is 0 Å². The van der Waals surface area contributed by atoms with Crippen molar-refractivity contribution < 1.29 is 0 Å². The smallest absolute Gasteiger partial charge is 0.194 e. The zero-order valence-electron chi connectivity index (χ0n) is 11.4. The standard InChI is InChI=1S/C12H25N3S/c1-11(2)9-15(12(11,3)4)10(13-5)14-7-8-16-6/h7-9H2,1-6H3,(H,13,14). The van der Waals surface area contributed by atoms with E-state index in [1.165, 1.54) is 0 Å². The average molecular weight is 243 g/mol. The first kappa shape index (κ1) is 13.7. The quantitative estimate of drug-likeness (QED) is 0.467. The summed E-state index contributed by atoms with van der Waals surface area (Å²) in [5.41, 5.74) is 0.554. The van der Waals surface area contributed by atoms with Crippen molar-refractivity contribution in [1.82, 2.24) is 10.2 Å². The van der Waals surface area contributed by atoms with Crippen LogP contribution in [0.4, 0.5) is 0 Å². The predicted molar refractivity (Wildman–Crippen MR) is 74.3 cm³/mol. The molecule has 0 spiro atoms. The van der Waals surface area contributed by atoms with Crippen LogP contribution in [0.3, 0.4) is 0 Å². The summed E-state index contributed by atoms with van der Waals surface area (Å²) >= 11 is 1.86. The highest BCUT2D eigenvalue weighted by Gasteiger charge is 2.53. The predicted octanol–water partition coefficient (Wildman–Crippen LogP) is 2.05. The van der Waals surface area contributed by atoms with Crippen molar-refractivity contribution in [2.24, 2.45) is 10.4 Å². The number of nitrogens with zero attached hydrogens (tertiary/aromatic N) is 2. The Hall–Kier alpha value is -0.380. The van der Waals surface area contributed by atoms with E-state index < -0.39 is 0 Å². The van der Waals surface area contributed by atoms with Crippen LogP contribution in [0.25, 0.3) is 0 Å². The maximum atomic E-state index is 4.37. The summed E-state index contributed by atoms with van der Waals surface area (Å²) in [7, 11) is 1.86. The molecule has 0 amide bonds. The summed E-state index contributed by atoms with van der Waals surface area (Å²) in [6.45, 7) is 11.3. The molecule has 1 heterocycles. The number of hydrogen-bond donors (Lipinski definition) is 1. The molecule has 1 aliphatic rings. The molecule has 1 rings (SSSR count). The summed E-state index contributed by atoms with van der Waals surface area (Å²) < 4.78 is 0. The van der Waals surface area contributed by atoms with Gasteiger partial charge in [0.25, 0.3) is 0 Å². The lowest BCUT2D eigenvalue weighted by Crippen LogP contribution is -2.72. The summed E-state index contributed by atoms with van der Waals surface area (Å²) in [6, 6.07) is 0. The minimum absolute atomic E-state index is 0.189. The summed E-state index contributed by atoms with van der Waals surface area (Å²) in [6.07, 6.45) is 2.13. The van der Waals surface area contributed by atoms with E-state index in [0.29, 0.717) is 5.41 Å². The van der Waals surface area contributed by atoms with Crippen molar-refractivity contribution in [1.29, 1.82) is 0 Å². The Morgan fingerprint density at radius 3 is 2.38 bits per heavy atom. The Kier molecular flexibility index (Phi) is 4.16. The van der Waals surface area contributed by atoms with Gasteiger partial charge in [0.1, 0.15) is 0 Å². The van der Waals surface area contributed by atoms with E-state index in [-0.39, 0.29) is 5.54 Å². The third-order valence-corrected chi connectivity index (χ3v) is 4.55. The van der Waals surface area contributed by atoms with Gasteiger partial charge >= 0.3 is 0 Å². The number of thioether (sulfide) groups is 1. The molecule has 3 nitrogen and oxygen atoms in total. The molecule has 4 heteroatoms. The summed E-state index contributed by atoms with van der Waals surface area (Å²) in [4.78, 5) is 6.73. The van der Waals surface area contributed by atoms with E-state index in [4.69, 9.17) is 0 Å². The van der Waals surface area contributed by atoms with Crippen molar-refractivity contribution in [3.63, 3.8) is 0 Å². The van der Waals surface area contributed by atoms with Gasteiger partial charge in [0.05, 0.1) is 0 Å². The van der Waals surface area contributed by atoms with Crippen LogP contribution in [-0.4, -0.2) is 48.5 Å². The SMILES string of the molecule is CN=C(NCCSC)N1CC(C)(C)C1(C)C. The molecule has 1 N–H and O–H groups in total. The number of guanidine groups is 1. The first-order valence-electron chi connectivity index (χ1n) is 5.84. The Balaban J connectivity index is 2.58. The van der Waals surface area contributed by atoms with Crippen LogP contribution in [-0.2, 0) is 0 Å². The van der Waals surface area contributed by atoms with Gasteiger partial charge in [0.15, 0.2) is 5.96 Å². The van der Waals surface area contributed by atoms with Gasteiger partial charge in [-0.05, 0) is 20.1 Å². The molecular weight excluding hydrogens is 218 g/mol. The number of nitrogens with one attached hydrogen (secondary N) is 1. The highest BCUT2D eigenvalue weighted by Crippen LogP contribution is 2.46. The number of rotatable bonds is 3. The van der Waals surface area contributed by atoms with Crippen LogP contribution in [0, 0.1) is 5.41 Å². The molecule has 0 radical (unpaired) electrons. The third kappa shape index (κ3) is 2.31. The van der Waals surface area contributed by atoms with Crippen molar-refractivity contribution in [2.75, 3.05) is 32.1 Å². The third-order valence-electron chi connectivity index (χ3n) is 3.94. The van der Waals surface area contributed by atoms with E-state index in [1.54, 1.807) is 0 Å². The largest absolute Gasteiger partial charge is 0.355 e. The molecule has 94 valence electrons. The highest BCUT2D eigenvalue weighted by molar-refractivity contribution is 7.98. The number of aliphatic imine (C=N–C) groups is 1. The van der Waals surface area contributed by atoms with E-state index in [1.807, 2.05) is 18.8 Å². The molecular formula is C12H25N3S. The minimum Gasteiger partial charge on any atom is -0.355 e. The molecule has 0 aliphatic carbocycles. The van der Waals surface area contributed by atoms with Gasteiger partial charge in [-0.15, -0.1) is 0 Å². The first-order chi connectivity index (χ1) is 7.36. The minimum atomic E-state index is 0.189. The number of hydrogen-bond acceptors (Lipinski definition) is 2. The highest BCUT2D eigenvalue weighted by atomic mass is 32.2. The van der Waals surface area contributed by atoms with E-state index in [0.717, 1.165) is 24.8 Å². The zero-order chi connectivity index (χ0) is 12.4. The Bertz CT molecular complexity index is 271.